The first kappa shape index (κ1) is 18.1. The van der Waals surface area contributed by atoms with Crippen molar-refractivity contribution in [1.82, 2.24) is 14.9 Å². The van der Waals surface area contributed by atoms with Crippen LogP contribution in [0.1, 0.15) is 42.4 Å². The van der Waals surface area contributed by atoms with Crippen LogP contribution in [0.25, 0.3) is 11.0 Å². The van der Waals surface area contributed by atoms with Gasteiger partial charge < -0.3 is 9.88 Å². The Kier molecular flexibility index (Phi) is 6.00. The summed E-state index contributed by atoms with van der Waals surface area (Å²) in [5, 5.41) is 2.88. The molecule has 3 aromatic rings. The lowest BCUT2D eigenvalue weighted by molar-refractivity contribution is 0.0953. The number of para-hydroxylation sites is 2. The molecular formula is C21H24FN3O. The molecule has 0 fully saturated rings. The quantitative estimate of drug-likeness (QED) is 0.613. The Labute approximate surface area is 153 Å². The minimum atomic E-state index is -0.334. The summed E-state index contributed by atoms with van der Waals surface area (Å²) >= 11 is 0. The second-order valence-corrected chi connectivity index (χ2v) is 6.33. The number of nitrogens with zero attached hydrogens (tertiary/aromatic N) is 2. The predicted octanol–water partition coefficient (Wildman–Crippen LogP) is 4.34. The number of halogens is 1. The van der Waals surface area contributed by atoms with Crippen molar-refractivity contribution >= 4 is 16.9 Å². The first-order chi connectivity index (χ1) is 12.7. The van der Waals surface area contributed by atoms with Crippen molar-refractivity contribution in [2.24, 2.45) is 0 Å². The third-order valence-corrected chi connectivity index (χ3v) is 4.52. The Morgan fingerprint density at radius 3 is 2.62 bits per heavy atom. The highest BCUT2D eigenvalue weighted by Crippen LogP contribution is 2.17. The van der Waals surface area contributed by atoms with Crippen LogP contribution in [0, 0.1) is 5.82 Å². The Balaban J connectivity index is 1.42. The zero-order valence-corrected chi connectivity index (χ0v) is 15.0. The number of aromatic nitrogens is 2. The van der Waals surface area contributed by atoms with E-state index in [1.165, 1.54) is 29.8 Å². The third-order valence-electron chi connectivity index (χ3n) is 4.52. The van der Waals surface area contributed by atoms with Crippen molar-refractivity contribution in [3.8, 4) is 0 Å². The number of nitrogens with one attached hydrogen (secondary N) is 1. The zero-order chi connectivity index (χ0) is 18.4. The second kappa shape index (κ2) is 8.61. The zero-order valence-electron chi connectivity index (χ0n) is 15.0. The normalized spacial score (nSPS) is 11.0. The number of imidazole rings is 1. The lowest BCUT2D eigenvalue weighted by Gasteiger charge is -2.07. The molecule has 5 heteroatoms. The molecule has 1 N–H and O–H groups in total. The Bertz CT molecular complexity index is 871. The molecule has 0 aliphatic rings. The predicted molar refractivity (Wildman–Crippen MR) is 102 cm³/mol. The molecule has 0 unspecified atom stereocenters. The average molecular weight is 353 g/mol. The molecule has 136 valence electrons. The third kappa shape index (κ3) is 4.28. The fourth-order valence-electron chi connectivity index (χ4n) is 3.16. The van der Waals surface area contributed by atoms with Gasteiger partial charge in [0.1, 0.15) is 11.6 Å². The standard InChI is InChI=1S/C21H24FN3O/c1-2-25-19-9-6-5-8-18(19)24-20(25)10-4-3-7-15-23-21(26)16-11-13-17(22)14-12-16/h5-6,8-9,11-14H,2-4,7,10,15H2,1H3,(H,23,26). The van der Waals surface area contributed by atoms with Crippen molar-refractivity contribution in [2.45, 2.75) is 39.2 Å². The van der Waals surface area contributed by atoms with Gasteiger partial charge in [-0.3, -0.25) is 4.79 Å². The molecule has 2 aromatic carbocycles. The number of hydrogen-bond donors (Lipinski definition) is 1. The van der Waals surface area contributed by atoms with E-state index in [4.69, 9.17) is 4.98 Å². The monoisotopic (exact) mass is 353 g/mol. The van der Waals surface area contributed by atoms with Gasteiger partial charge >= 0.3 is 0 Å². The van der Waals surface area contributed by atoms with E-state index >= 15 is 0 Å². The Morgan fingerprint density at radius 1 is 1.08 bits per heavy atom. The molecule has 0 spiro atoms. The summed E-state index contributed by atoms with van der Waals surface area (Å²) in [5.41, 5.74) is 2.73. The lowest BCUT2D eigenvalue weighted by Crippen LogP contribution is -2.24. The first-order valence-electron chi connectivity index (χ1n) is 9.17. The van der Waals surface area contributed by atoms with Crippen LogP contribution < -0.4 is 5.32 Å². The van der Waals surface area contributed by atoms with Crippen molar-refractivity contribution in [3.05, 3.63) is 65.7 Å². The molecule has 0 atom stereocenters. The van der Waals surface area contributed by atoms with Gasteiger partial charge in [-0.1, -0.05) is 18.6 Å². The van der Waals surface area contributed by atoms with Gasteiger partial charge in [0, 0.05) is 25.1 Å². The van der Waals surface area contributed by atoms with Crippen LogP contribution in [0.4, 0.5) is 4.39 Å². The minimum absolute atomic E-state index is 0.155. The molecule has 1 aromatic heterocycles. The number of carbonyl (C=O) groups is 1. The number of benzene rings is 2. The van der Waals surface area contributed by atoms with E-state index in [1.54, 1.807) is 0 Å². The van der Waals surface area contributed by atoms with Crippen molar-refractivity contribution in [3.63, 3.8) is 0 Å². The Morgan fingerprint density at radius 2 is 1.85 bits per heavy atom. The number of carbonyl (C=O) groups excluding carboxylic acids is 1. The fraction of sp³-hybridized carbons (Fsp3) is 0.333. The largest absolute Gasteiger partial charge is 0.352 e. The summed E-state index contributed by atoms with van der Waals surface area (Å²) in [5.74, 6) is 0.640. The molecular weight excluding hydrogens is 329 g/mol. The van der Waals surface area contributed by atoms with E-state index in [0.717, 1.165) is 43.6 Å². The highest BCUT2D eigenvalue weighted by molar-refractivity contribution is 5.94. The van der Waals surface area contributed by atoms with Gasteiger partial charge in [-0.15, -0.1) is 0 Å². The minimum Gasteiger partial charge on any atom is -0.352 e. The van der Waals surface area contributed by atoms with Gasteiger partial charge in [-0.05, 0) is 56.2 Å². The number of amides is 1. The average Bonchev–Trinajstić information content (AvgIpc) is 3.02. The van der Waals surface area contributed by atoms with E-state index in [1.807, 2.05) is 12.1 Å². The smallest absolute Gasteiger partial charge is 0.251 e. The topological polar surface area (TPSA) is 46.9 Å². The fourth-order valence-corrected chi connectivity index (χ4v) is 3.16. The van der Waals surface area contributed by atoms with Crippen LogP contribution in [0.3, 0.4) is 0 Å². The molecule has 0 saturated heterocycles. The van der Waals surface area contributed by atoms with Crippen molar-refractivity contribution in [1.29, 1.82) is 0 Å². The highest BCUT2D eigenvalue weighted by Gasteiger charge is 2.08. The van der Waals surface area contributed by atoms with Gasteiger partial charge in [-0.25, -0.2) is 9.37 Å². The van der Waals surface area contributed by atoms with Crippen molar-refractivity contribution in [2.75, 3.05) is 6.54 Å². The summed E-state index contributed by atoms with van der Waals surface area (Å²) in [6.07, 6.45) is 3.92. The number of rotatable bonds is 8. The maximum atomic E-state index is 12.9. The van der Waals surface area contributed by atoms with Crippen LogP contribution in [-0.2, 0) is 13.0 Å². The first-order valence-corrected chi connectivity index (χ1v) is 9.17. The van der Waals surface area contributed by atoms with Crippen LogP contribution in [0.15, 0.2) is 48.5 Å². The Hall–Kier alpha value is -2.69. The maximum absolute atomic E-state index is 12.9. The summed E-state index contributed by atoms with van der Waals surface area (Å²) in [6.45, 7) is 3.69. The van der Waals surface area contributed by atoms with Gasteiger partial charge in [-0.2, -0.15) is 0 Å². The second-order valence-electron chi connectivity index (χ2n) is 6.33. The van der Waals surface area contributed by atoms with Gasteiger partial charge in [0.05, 0.1) is 11.0 Å². The number of hydrogen-bond acceptors (Lipinski definition) is 2. The van der Waals surface area contributed by atoms with Gasteiger partial charge in [0.15, 0.2) is 0 Å². The molecule has 3 rings (SSSR count). The number of fused-ring (bicyclic) bond motifs is 1. The van der Waals surface area contributed by atoms with Crippen LogP contribution >= 0.6 is 0 Å². The molecule has 0 aliphatic carbocycles. The molecule has 0 radical (unpaired) electrons. The van der Waals surface area contributed by atoms with E-state index in [2.05, 4.69) is 28.9 Å². The number of aryl methyl sites for hydroxylation is 2. The molecule has 26 heavy (non-hydrogen) atoms. The molecule has 0 aliphatic heterocycles. The van der Waals surface area contributed by atoms with E-state index in [9.17, 15) is 9.18 Å². The van der Waals surface area contributed by atoms with E-state index in [-0.39, 0.29) is 11.7 Å². The lowest BCUT2D eigenvalue weighted by atomic mass is 10.1. The molecule has 0 saturated carbocycles. The van der Waals surface area contributed by atoms with Crippen LogP contribution in [0.2, 0.25) is 0 Å². The van der Waals surface area contributed by atoms with Crippen LogP contribution in [0.5, 0.6) is 0 Å². The summed E-state index contributed by atoms with van der Waals surface area (Å²) in [4.78, 5) is 16.7. The maximum Gasteiger partial charge on any atom is 0.251 e. The SMILES string of the molecule is CCn1c(CCCCCNC(=O)c2ccc(F)cc2)nc2ccccc21. The summed E-state index contributed by atoms with van der Waals surface area (Å²) < 4.78 is 15.1. The number of unbranched alkanes of at least 4 members (excludes halogenated alkanes) is 2. The van der Waals surface area contributed by atoms with Crippen molar-refractivity contribution < 1.29 is 9.18 Å². The molecule has 4 nitrogen and oxygen atoms in total. The molecule has 0 bridgehead atoms. The molecule has 1 amide bonds. The van der Waals surface area contributed by atoms with Gasteiger partial charge in [0.25, 0.3) is 5.91 Å². The highest BCUT2D eigenvalue weighted by atomic mass is 19.1. The summed E-state index contributed by atoms with van der Waals surface area (Å²) in [7, 11) is 0. The van der Waals surface area contributed by atoms with Gasteiger partial charge in [0.2, 0.25) is 0 Å². The van der Waals surface area contributed by atoms with Crippen LogP contribution in [-0.4, -0.2) is 22.0 Å². The molecule has 1 heterocycles. The van der Waals surface area contributed by atoms with E-state index in [0.29, 0.717) is 12.1 Å². The van der Waals surface area contributed by atoms with E-state index < -0.39 is 0 Å². The summed E-state index contributed by atoms with van der Waals surface area (Å²) in [6, 6.07) is 13.8.